The van der Waals surface area contributed by atoms with Crippen LogP contribution in [0.1, 0.15) is 10.4 Å². The van der Waals surface area contributed by atoms with E-state index < -0.39 is 17.6 Å². The highest BCUT2D eigenvalue weighted by molar-refractivity contribution is 7.85. The summed E-state index contributed by atoms with van der Waals surface area (Å²) in [5, 5.41) is 2.45. The molecule has 7 heteroatoms. The van der Waals surface area contributed by atoms with Crippen LogP contribution in [0.4, 0.5) is 4.39 Å². The zero-order valence-corrected chi connectivity index (χ0v) is 11.3. The molecule has 19 heavy (non-hydrogen) atoms. The highest BCUT2D eigenvalue weighted by Crippen LogP contribution is 2.15. The van der Waals surface area contributed by atoms with Crippen molar-refractivity contribution in [3.8, 4) is 0 Å². The molecule has 100 valence electrons. The van der Waals surface area contributed by atoms with Gasteiger partial charge in [-0.3, -0.25) is 9.59 Å². The van der Waals surface area contributed by atoms with Gasteiger partial charge in [-0.05, 0) is 24.3 Å². The summed E-state index contributed by atoms with van der Waals surface area (Å²) >= 11 is 9.41. The molecule has 2 amide bonds. The molecule has 0 aromatic heterocycles. The van der Waals surface area contributed by atoms with E-state index in [2.05, 4.69) is 24.5 Å². The van der Waals surface area contributed by atoms with Gasteiger partial charge in [0.2, 0.25) is 0 Å². The van der Waals surface area contributed by atoms with Gasteiger partial charge >= 0.3 is 0 Å². The lowest BCUT2D eigenvalue weighted by atomic mass is 10.2. The van der Waals surface area contributed by atoms with Gasteiger partial charge in [0.25, 0.3) is 11.8 Å². The van der Waals surface area contributed by atoms with Crippen LogP contribution in [-0.4, -0.2) is 11.8 Å². The normalized spacial score (nSPS) is 11.5. The molecule has 0 bridgehead atoms. The molecule has 0 unspecified atom stereocenters. The number of rotatable bonds is 4. The molecule has 1 aromatic rings. The lowest BCUT2D eigenvalue weighted by Crippen LogP contribution is -2.26. The average molecular weight is 301 g/mol. The van der Waals surface area contributed by atoms with E-state index in [1.807, 2.05) is 0 Å². The van der Waals surface area contributed by atoms with Crippen molar-refractivity contribution in [2.45, 2.75) is 0 Å². The number of thiol groups is 1. The van der Waals surface area contributed by atoms with Crippen LogP contribution in [0.5, 0.6) is 0 Å². The van der Waals surface area contributed by atoms with E-state index in [-0.39, 0.29) is 21.2 Å². The SMILES string of the molecule is C=C/C(NC(=O)c1ccc(Cl)cc1F)=C(\S)C(N)=O. The molecule has 4 nitrogen and oxygen atoms in total. The lowest BCUT2D eigenvalue weighted by Gasteiger charge is -2.08. The fourth-order valence-corrected chi connectivity index (χ4v) is 1.51. The number of hydrogen-bond donors (Lipinski definition) is 3. The number of primary amides is 1. The summed E-state index contributed by atoms with van der Waals surface area (Å²) in [7, 11) is 0. The van der Waals surface area contributed by atoms with Crippen LogP contribution in [0.15, 0.2) is 41.5 Å². The molecule has 0 spiro atoms. The minimum absolute atomic E-state index is 0.00446. The van der Waals surface area contributed by atoms with Crippen LogP contribution in [-0.2, 0) is 4.79 Å². The summed E-state index contributed by atoms with van der Waals surface area (Å²) < 4.78 is 13.5. The molecule has 0 aliphatic rings. The van der Waals surface area contributed by atoms with E-state index in [9.17, 15) is 14.0 Å². The highest BCUT2D eigenvalue weighted by Gasteiger charge is 2.15. The molecule has 1 rings (SSSR count). The maximum Gasteiger partial charge on any atom is 0.258 e. The zero-order chi connectivity index (χ0) is 14.6. The van der Waals surface area contributed by atoms with Gasteiger partial charge in [-0.25, -0.2) is 4.39 Å². The molecule has 1 aromatic carbocycles. The first kappa shape index (κ1) is 15.3. The van der Waals surface area contributed by atoms with Gasteiger partial charge in [0.1, 0.15) is 5.82 Å². The Hall–Kier alpha value is -1.79. The van der Waals surface area contributed by atoms with Gasteiger partial charge in [-0.15, -0.1) is 12.6 Å². The van der Waals surface area contributed by atoms with Crippen LogP contribution in [0.25, 0.3) is 0 Å². The molecule has 0 saturated heterocycles. The smallest absolute Gasteiger partial charge is 0.258 e. The molecule has 0 saturated carbocycles. The van der Waals surface area contributed by atoms with Crippen molar-refractivity contribution in [2.24, 2.45) is 5.73 Å². The minimum atomic E-state index is -0.838. The number of carbonyl (C=O) groups excluding carboxylic acids is 2. The van der Waals surface area contributed by atoms with Gasteiger partial charge in [-0.1, -0.05) is 18.2 Å². The number of nitrogens with two attached hydrogens (primary N) is 1. The summed E-state index contributed by atoms with van der Waals surface area (Å²) in [5.41, 5.74) is 4.78. The predicted molar refractivity (Wildman–Crippen MR) is 74.3 cm³/mol. The highest BCUT2D eigenvalue weighted by atomic mass is 35.5. The first-order valence-electron chi connectivity index (χ1n) is 4.98. The maximum atomic E-state index is 13.5. The van der Waals surface area contributed by atoms with Crippen LogP contribution in [0, 0.1) is 5.82 Å². The van der Waals surface area contributed by atoms with Crippen LogP contribution < -0.4 is 11.1 Å². The largest absolute Gasteiger partial charge is 0.365 e. The quantitative estimate of drug-likeness (QED) is 0.452. The molecule has 0 aliphatic heterocycles. The van der Waals surface area contributed by atoms with Crippen molar-refractivity contribution in [3.05, 3.63) is 57.9 Å². The molecule has 0 atom stereocenters. The second-order valence-corrected chi connectivity index (χ2v) is 4.29. The number of hydrogen-bond acceptors (Lipinski definition) is 3. The number of benzene rings is 1. The van der Waals surface area contributed by atoms with Crippen molar-refractivity contribution in [3.63, 3.8) is 0 Å². The van der Waals surface area contributed by atoms with Gasteiger partial charge in [0.05, 0.1) is 16.2 Å². The summed E-state index contributed by atoms with van der Waals surface area (Å²) in [6, 6.07) is 3.59. The molecule has 0 radical (unpaired) electrons. The Morgan fingerprint density at radius 3 is 2.58 bits per heavy atom. The van der Waals surface area contributed by atoms with Crippen molar-refractivity contribution < 1.29 is 14.0 Å². The Labute approximate surface area is 119 Å². The maximum absolute atomic E-state index is 13.5. The van der Waals surface area contributed by atoms with E-state index in [4.69, 9.17) is 17.3 Å². The Kier molecular flexibility index (Phi) is 5.14. The summed E-state index contributed by atoms with van der Waals surface area (Å²) in [5.74, 6) is -2.39. The van der Waals surface area contributed by atoms with Crippen LogP contribution in [0.2, 0.25) is 5.02 Å². The molecule has 0 heterocycles. The van der Waals surface area contributed by atoms with E-state index in [1.54, 1.807) is 0 Å². The monoisotopic (exact) mass is 300 g/mol. The van der Waals surface area contributed by atoms with Crippen LogP contribution >= 0.6 is 24.2 Å². The second-order valence-electron chi connectivity index (χ2n) is 3.41. The first-order chi connectivity index (χ1) is 8.86. The van der Waals surface area contributed by atoms with E-state index in [1.165, 1.54) is 18.2 Å². The molecule has 0 fully saturated rings. The summed E-state index contributed by atoms with van der Waals surface area (Å²) in [4.78, 5) is 22.6. The number of allylic oxidation sites excluding steroid dienone is 1. The molecular weight excluding hydrogens is 291 g/mol. The number of carbonyl (C=O) groups is 2. The number of amides is 2. The third-order valence-corrected chi connectivity index (χ3v) is 2.81. The standard InChI is InChI=1S/C12H10ClFN2O2S/c1-2-9(10(19)11(15)17)16-12(18)7-4-3-6(13)5-8(7)14/h2-5,19H,1H2,(H2,15,17)(H,16,18)/b10-9+. The fourth-order valence-electron chi connectivity index (χ4n) is 1.20. The molecule has 3 N–H and O–H groups in total. The Bertz CT molecular complexity index is 587. The Morgan fingerprint density at radius 1 is 1.47 bits per heavy atom. The molecule has 0 aliphatic carbocycles. The Balaban J connectivity index is 3.05. The number of halogens is 2. The fraction of sp³-hybridized carbons (Fsp3) is 0. The zero-order valence-electron chi connectivity index (χ0n) is 9.61. The summed E-state index contributed by atoms with van der Waals surface area (Å²) in [6.07, 6.45) is 1.18. The first-order valence-corrected chi connectivity index (χ1v) is 5.81. The van der Waals surface area contributed by atoms with Gasteiger partial charge in [0.15, 0.2) is 0 Å². The minimum Gasteiger partial charge on any atom is -0.365 e. The predicted octanol–water partition coefficient (Wildman–Crippen LogP) is 2.02. The lowest BCUT2D eigenvalue weighted by molar-refractivity contribution is -0.113. The van der Waals surface area contributed by atoms with Gasteiger partial charge in [0, 0.05) is 5.02 Å². The van der Waals surface area contributed by atoms with Crippen LogP contribution in [0.3, 0.4) is 0 Å². The third-order valence-electron chi connectivity index (χ3n) is 2.12. The van der Waals surface area contributed by atoms with Crippen molar-refractivity contribution >= 4 is 36.0 Å². The molecular formula is C12H10ClFN2O2S. The van der Waals surface area contributed by atoms with Crippen molar-refractivity contribution in [2.75, 3.05) is 0 Å². The Morgan fingerprint density at radius 2 is 2.11 bits per heavy atom. The third kappa shape index (κ3) is 3.84. The van der Waals surface area contributed by atoms with E-state index >= 15 is 0 Å². The second kappa shape index (κ2) is 6.40. The van der Waals surface area contributed by atoms with E-state index in [0.29, 0.717) is 0 Å². The number of nitrogens with one attached hydrogen (secondary N) is 1. The van der Waals surface area contributed by atoms with E-state index in [0.717, 1.165) is 6.07 Å². The van der Waals surface area contributed by atoms with Crippen molar-refractivity contribution in [1.29, 1.82) is 0 Å². The topological polar surface area (TPSA) is 72.2 Å². The average Bonchev–Trinajstić information content (AvgIpc) is 2.34. The van der Waals surface area contributed by atoms with Crippen molar-refractivity contribution in [1.82, 2.24) is 5.32 Å². The van der Waals surface area contributed by atoms with Gasteiger partial charge < -0.3 is 11.1 Å². The summed E-state index contributed by atoms with van der Waals surface area (Å²) in [6.45, 7) is 3.40. The van der Waals surface area contributed by atoms with Gasteiger partial charge in [-0.2, -0.15) is 0 Å².